The Morgan fingerprint density at radius 3 is 1.21 bits per heavy atom. The molecule has 2 aliphatic carbocycles. The minimum atomic E-state index is 0. The van der Waals surface area contributed by atoms with Gasteiger partial charge in [-0.25, -0.2) is 0 Å². The first-order valence-corrected chi connectivity index (χ1v) is 4.45. The molecule has 0 unspecified atom stereocenters. The minimum Gasteiger partial charge on any atom is -0.147 e. The molecule has 0 radical (unpaired) electrons. The molecule has 80 valence electrons. The molecule has 2 heteroatoms. The van der Waals surface area contributed by atoms with Crippen molar-refractivity contribution in [3.8, 4) is 0 Å². The van der Waals surface area contributed by atoms with Crippen LogP contribution >= 0.6 is 24.8 Å². The van der Waals surface area contributed by atoms with Crippen molar-refractivity contribution in [2.75, 3.05) is 0 Å². The van der Waals surface area contributed by atoms with E-state index in [4.69, 9.17) is 0 Å². The molecule has 0 fully saturated rings. The van der Waals surface area contributed by atoms with Gasteiger partial charge in [-0.1, -0.05) is 47.6 Å². The van der Waals surface area contributed by atoms with Gasteiger partial charge in [0.25, 0.3) is 0 Å². The van der Waals surface area contributed by atoms with E-state index >= 15 is 0 Å². The zero-order valence-electron chi connectivity index (χ0n) is 8.69. The van der Waals surface area contributed by atoms with Crippen LogP contribution in [-0.2, 0) is 0 Å². The topological polar surface area (TPSA) is 0 Å². The highest BCUT2D eigenvalue weighted by Gasteiger charge is 1.84. The Labute approximate surface area is 99.3 Å². The predicted molar refractivity (Wildman–Crippen MR) is 69.5 cm³/mol. The highest BCUT2D eigenvalue weighted by Crippen LogP contribution is 2.05. The van der Waals surface area contributed by atoms with Gasteiger partial charge < -0.3 is 0 Å². The quantitative estimate of drug-likeness (QED) is 0.572. The zero-order chi connectivity index (χ0) is 8.81. The lowest BCUT2D eigenvalue weighted by Gasteiger charge is -1.72. The maximum Gasteiger partial charge on any atom is -0.0160 e. The highest BCUT2D eigenvalue weighted by molar-refractivity contribution is 5.85. The normalized spacial score (nSPS) is 15.9. The number of halogens is 2. The monoisotopic (exact) mass is 232 g/mol. The molecule has 0 spiro atoms. The van der Waals surface area contributed by atoms with E-state index < -0.39 is 0 Å². The van der Waals surface area contributed by atoms with Gasteiger partial charge in [-0.15, -0.1) is 24.8 Å². The fourth-order valence-corrected chi connectivity index (χ4v) is 1.15. The summed E-state index contributed by atoms with van der Waals surface area (Å²) in [6, 6.07) is 0. The summed E-state index contributed by atoms with van der Waals surface area (Å²) >= 11 is 0. The average Bonchev–Trinajstić information content (AvgIpc) is 2.63. The molecule has 0 aromatic rings. The maximum atomic E-state index is 2.21. The molecular weight excluding hydrogens is 215 g/mol. The Balaban J connectivity index is 0. The van der Waals surface area contributed by atoms with E-state index in [0.717, 1.165) is 12.8 Å². The standard InChI is InChI=1S/2C6H8.2ClH/c2*1-6-4-2-3-5-6;;/h2*2,4-5H,3H2,1H3;2*1H. The Morgan fingerprint density at radius 1 is 0.786 bits per heavy atom. The summed E-state index contributed by atoms with van der Waals surface area (Å²) in [5, 5.41) is 0. The molecule has 2 rings (SSSR count). The second-order valence-electron chi connectivity index (χ2n) is 3.17. The van der Waals surface area contributed by atoms with Crippen molar-refractivity contribution in [1.29, 1.82) is 0 Å². The predicted octanol–water partition coefficient (Wildman–Crippen LogP) is 4.63. The summed E-state index contributed by atoms with van der Waals surface area (Å²) in [6.45, 7) is 4.23. The summed E-state index contributed by atoms with van der Waals surface area (Å²) in [7, 11) is 0. The molecule has 0 bridgehead atoms. The highest BCUT2D eigenvalue weighted by atomic mass is 35.5. The third-order valence-corrected chi connectivity index (χ3v) is 1.91. The number of allylic oxidation sites excluding steroid dienone is 8. The molecule has 0 N–H and O–H groups in total. The maximum absolute atomic E-state index is 2.21. The van der Waals surface area contributed by atoms with Gasteiger partial charge in [-0.05, 0) is 26.7 Å². The smallest absolute Gasteiger partial charge is 0.0160 e. The van der Waals surface area contributed by atoms with Crippen LogP contribution in [0.2, 0.25) is 0 Å². The average molecular weight is 233 g/mol. The Kier molecular flexibility index (Phi) is 10.4. The Bertz CT molecular complexity index is 224. The third-order valence-electron chi connectivity index (χ3n) is 1.91. The first-order chi connectivity index (χ1) is 5.79. The summed E-state index contributed by atoms with van der Waals surface area (Å²) in [5.41, 5.74) is 2.80. The fourth-order valence-electron chi connectivity index (χ4n) is 1.15. The first-order valence-electron chi connectivity index (χ1n) is 4.45. The summed E-state index contributed by atoms with van der Waals surface area (Å²) in [6.07, 6.45) is 15.3. The lowest BCUT2D eigenvalue weighted by molar-refractivity contribution is 1.42. The van der Waals surface area contributed by atoms with E-state index in [2.05, 4.69) is 50.3 Å². The van der Waals surface area contributed by atoms with Crippen LogP contribution in [0, 0.1) is 0 Å². The molecule has 0 aliphatic heterocycles. The second-order valence-corrected chi connectivity index (χ2v) is 3.17. The zero-order valence-corrected chi connectivity index (χ0v) is 10.3. The van der Waals surface area contributed by atoms with Gasteiger partial charge in [0.2, 0.25) is 0 Å². The molecule has 14 heavy (non-hydrogen) atoms. The van der Waals surface area contributed by atoms with Gasteiger partial charge >= 0.3 is 0 Å². The lowest BCUT2D eigenvalue weighted by Crippen LogP contribution is -1.51. The van der Waals surface area contributed by atoms with E-state index in [0.29, 0.717) is 0 Å². The van der Waals surface area contributed by atoms with E-state index in [1.54, 1.807) is 0 Å². The molecule has 0 saturated carbocycles. The molecule has 0 aromatic carbocycles. The summed E-state index contributed by atoms with van der Waals surface area (Å²) in [5.74, 6) is 0. The van der Waals surface area contributed by atoms with Gasteiger partial charge in [-0.2, -0.15) is 0 Å². The molecule has 0 nitrogen and oxygen atoms in total. The van der Waals surface area contributed by atoms with Crippen LogP contribution in [0.4, 0.5) is 0 Å². The van der Waals surface area contributed by atoms with Crippen molar-refractivity contribution >= 4 is 24.8 Å². The third kappa shape index (κ3) is 6.99. The molecule has 0 amide bonds. The largest absolute Gasteiger partial charge is 0.147 e. The minimum absolute atomic E-state index is 0. The fraction of sp³-hybridized carbons (Fsp3) is 0.333. The van der Waals surface area contributed by atoms with E-state index in [-0.39, 0.29) is 24.8 Å². The van der Waals surface area contributed by atoms with Crippen molar-refractivity contribution in [3.05, 3.63) is 47.6 Å². The van der Waals surface area contributed by atoms with Gasteiger partial charge in [0.05, 0.1) is 0 Å². The van der Waals surface area contributed by atoms with Crippen LogP contribution in [0.5, 0.6) is 0 Å². The first kappa shape index (κ1) is 16.0. The van der Waals surface area contributed by atoms with Crippen LogP contribution < -0.4 is 0 Å². The molecule has 0 saturated heterocycles. The van der Waals surface area contributed by atoms with E-state index in [1.807, 2.05) is 0 Å². The molecule has 0 aromatic heterocycles. The van der Waals surface area contributed by atoms with E-state index in [1.165, 1.54) is 11.1 Å². The van der Waals surface area contributed by atoms with Gasteiger partial charge in [0.15, 0.2) is 0 Å². The van der Waals surface area contributed by atoms with Crippen molar-refractivity contribution in [3.63, 3.8) is 0 Å². The van der Waals surface area contributed by atoms with E-state index in [9.17, 15) is 0 Å². The molecule has 0 atom stereocenters. The van der Waals surface area contributed by atoms with Crippen LogP contribution in [-0.4, -0.2) is 0 Å². The van der Waals surface area contributed by atoms with Crippen LogP contribution in [0.25, 0.3) is 0 Å². The molecule has 2 aliphatic rings. The lowest BCUT2D eigenvalue weighted by atomic mass is 10.3. The molecular formula is C12H18Cl2. The summed E-state index contributed by atoms with van der Waals surface area (Å²) in [4.78, 5) is 0. The van der Waals surface area contributed by atoms with Gasteiger partial charge in [-0.3, -0.25) is 0 Å². The Morgan fingerprint density at radius 2 is 1.14 bits per heavy atom. The molecule has 0 heterocycles. The van der Waals surface area contributed by atoms with Crippen LogP contribution in [0.3, 0.4) is 0 Å². The van der Waals surface area contributed by atoms with Crippen LogP contribution in [0.15, 0.2) is 47.6 Å². The van der Waals surface area contributed by atoms with Crippen molar-refractivity contribution in [2.24, 2.45) is 0 Å². The number of hydrogen-bond donors (Lipinski definition) is 0. The van der Waals surface area contributed by atoms with Crippen LogP contribution in [0.1, 0.15) is 26.7 Å². The van der Waals surface area contributed by atoms with Gasteiger partial charge in [0, 0.05) is 0 Å². The number of rotatable bonds is 0. The second kappa shape index (κ2) is 9.11. The van der Waals surface area contributed by atoms with Crippen molar-refractivity contribution < 1.29 is 0 Å². The SMILES string of the molecule is CC1=CCC=C1.CC1=CCC=C1.Cl.Cl. The Hall–Kier alpha value is -0.460. The van der Waals surface area contributed by atoms with Gasteiger partial charge in [0.1, 0.15) is 0 Å². The van der Waals surface area contributed by atoms with Crippen molar-refractivity contribution in [1.82, 2.24) is 0 Å². The number of hydrogen-bond acceptors (Lipinski definition) is 0. The summed E-state index contributed by atoms with van der Waals surface area (Å²) < 4.78 is 0. The van der Waals surface area contributed by atoms with Crippen molar-refractivity contribution in [2.45, 2.75) is 26.7 Å².